The van der Waals surface area contributed by atoms with Gasteiger partial charge >= 0.3 is 0 Å². The quantitative estimate of drug-likeness (QED) is 0.815. The van der Waals surface area contributed by atoms with Crippen LogP contribution in [0.25, 0.3) is 0 Å². The van der Waals surface area contributed by atoms with E-state index < -0.39 is 10.0 Å². The molecule has 1 aliphatic carbocycles. The Balaban J connectivity index is 2.18. The van der Waals surface area contributed by atoms with E-state index >= 15 is 0 Å². The molecule has 1 aliphatic rings. The van der Waals surface area contributed by atoms with E-state index in [1.165, 1.54) is 4.31 Å². The first kappa shape index (κ1) is 15.4. The van der Waals surface area contributed by atoms with Crippen molar-refractivity contribution in [3.05, 3.63) is 29.8 Å². The normalized spacial score (nSPS) is 17.1. The molecule has 1 atom stereocenters. The van der Waals surface area contributed by atoms with Crippen LogP contribution in [-0.4, -0.2) is 30.8 Å². The molecule has 20 heavy (non-hydrogen) atoms. The summed E-state index contributed by atoms with van der Waals surface area (Å²) in [6, 6.07) is 6.83. The highest BCUT2D eigenvalue weighted by Gasteiger charge is 2.35. The highest BCUT2D eigenvalue weighted by atomic mass is 32.2. The zero-order chi connectivity index (χ0) is 14.9. The molecule has 2 rings (SSSR count). The van der Waals surface area contributed by atoms with Gasteiger partial charge in [-0.25, -0.2) is 8.42 Å². The lowest BCUT2D eigenvalue weighted by molar-refractivity contribution is 0.357. The summed E-state index contributed by atoms with van der Waals surface area (Å²) in [7, 11) is -1.77. The van der Waals surface area contributed by atoms with Crippen LogP contribution in [0.3, 0.4) is 0 Å². The molecule has 4 nitrogen and oxygen atoms in total. The summed E-state index contributed by atoms with van der Waals surface area (Å²) in [5.74, 6) is 0.503. The van der Waals surface area contributed by atoms with Gasteiger partial charge in [-0.2, -0.15) is 4.31 Å². The number of nitrogens with zero attached hydrogens (tertiary/aromatic N) is 1. The minimum absolute atomic E-state index is 0.0521. The molecule has 1 aromatic carbocycles. The molecule has 6 heteroatoms. The molecule has 0 radical (unpaired) electrons. The third-order valence-corrected chi connectivity index (χ3v) is 5.96. The number of sulfonamides is 1. The molecule has 0 saturated heterocycles. The van der Waals surface area contributed by atoms with Crippen molar-refractivity contribution in [2.45, 2.75) is 37.1 Å². The standard InChI is InChI=1S/C14H20N2O2S2/c1-10(12-5-6-12)16(2)20(17,18)13-7-3-11(4-8-13)9-14(15)19/h3-4,7-8,10,12H,5-6,9H2,1-2H3,(H2,15,19). The molecule has 110 valence electrons. The van der Waals surface area contributed by atoms with Gasteiger partial charge in [0.15, 0.2) is 0 Å². The van der Waals surface area contributed by atoms with Gasteiger partial charge < -0.3 is 5.73 Å². The van der Waals surface area contributed by atoms with E-state index in [1.807, 2.05) is 6.92 Å². The fourth-order valence-electron chi connectivity index (χ4n) is 2.24. The largest absolute Gasteiger partial charge is 0.393 e. The van der Waals surface area contributed by atoms with Crippen LogP contribution < -0.4 is 5.73 Å². The van der Waals surface area contributed by atoms with Crippen molar-refractivity contribution in [1.82, 2.24) is 4.31 Å². The van der Waals surface area contributed by atoms with Gasteiger partial charge in [0.25, 0.3) is 0 Å². The van der Waals surface area contributed by atoms with Gasteiger partial charge in [-0.1, -0.05) is 24.4 Å². The highest BCUT2D eigenvalue weighted by molar-refractivity contribution is 7.89. The summed E-state index contributed by atoms with van der Waals surface area (Å²) in [6.07, 6.45) is 2.73. The van der Waals surface area contributed by atoms with Crippen molar-refractivity contribution >= 4 is 27.2 Å². The van der Waals surface area contributed by atoms with Crippen LogP contribution in [0.2, 0.25) is 0 Å². The van der Waals surface area contributed by atoms with E-state index in [2.05, 4.69) is 0 Å². The predicted molar refractivity (Wildman–Crippen MR) is 84.1 cm³/mol. The smallest absolute Gasteiger partial charge is 0.243 e. The van der Waals surface area contributed by atoms with E-state index in [9.17, 15) is 8.42 Å². The van der Waals surface area contributed by atoms with Gasteiger partial charge in [0.1, 0.15) is 0 Å². The zero-order valence-electron chi connectivity index (χ0n) is 11.7. The Morgan fingerprint density at radius 2 is 1.95 bits per heavy atom. The van der Waals surface area contributed by atoms with Crippen molar-refractivity contribution in [3.63, 3.8) is 0 Å². The second-order valence-electron chi connectivity index (χ2n) is 5.39. The number of nitrogens with two attached hydrogens (primary N) is 1. The molecule has 1 unspecified atom stereocenters. The molecule has 0 amide bonds. The predicted octanol–water partition coefficient (Wildman–Crippen LogP) is 1.93. The van der Waals surface area contributed by atoms with E-state index in [0.29, 0.717) is 22.2 Å². The Morgan fingerprint density at radius 3 is 2.40 bits per heavy atom. The maximum Gasteiger partial charge on any atom is 0.243 e. The number of benzene rings is 1. The fourth-order valence-corrected chi connectivity index (χ4v) is 3.83. The summed E-state index contributed by atoms with van der Waals surface area (Å²) >= 11 is 4.85. The molecular weight excluding hydrogens is 292 g/mol. The Morgan fingerprint density at radius 1 is 1.40 bits per heavy atom. The summed E-state index contributed by atoms with van der Waals surface area (Å²) in [4.78, 5) is 0.722. The maximum atomic E-state index is 12.5. The van der Waals surface area contributed by atoms with E-state index in [1.54, 1.807) is 31.3 Å². The van der Waals surface area contributed by atoms with Gasteiger partial charge in [0.2, 0.25) is 10.0 Å². The number of rotatable bonds is 6. The van der Waals surface area contributed by atoms with Gasteiger partial charge in [-0.15, -0.1) is 0 Å². The second-order valence-corrected chi connectivity index (χ2v) is 7.91. The van der Waals surface area contributed by atoms with Crippen LogP contribution >= 0.6 is 12.2 Å². The van der Waals surface area contributed by atoms with Crippen molar-refractivity contribution in [2.24, 2.45) is 11.7 Å². The highest BCUT2D eigenvalue weighted by Crippen LogP contribution is 2.36. The Bertz CT molecular complexity index is 592. The molecule has 1 saturated carbocycles. The first-order valence-electron chi connectivity index (χ1n) is 6.67. The van der Waals surface area contributed by atoms with Crippen molar-refractivity contribution in [3.8, 4) is 0 Å². The van der Waals surface area contributed by atoms with Crippen LogP contribution in [0.5, 0.6) is 0 Å². The lowest BCUT2D eigenvalue weighted by Gasteiger charge is -2.24. The van der Waals surface area contributed by atoms with Crippen LogP contribution in [0.4, 0.5) is 0 Å². The summed E-state index contributed by atoms with van der Waals surface area (Å²) < 4.78 is 26.5. The molecule has 0 aliphatic heterocycles. The summed E-state index contributed by atoms with van der Waals surface area (Å²) in [5, 5.41) is 0. The molecule has 0 spiro atoms. The summed E-state index contributed by atoms with van der Waals surface area (Å²) in [5.41, 5.74) is 6.41. The van der Waals surface area contributed by atoms with Gasteiger partial charge in [-0.05, 0) is 43.4 Å². The first-order chi connectivity index (χ1) is 9.32. The van der Waals surface area contributed by atoms with Crippen molar-refractivity contribution in [2.75, 3.05) is 7.05 Å². The molecule has 0 bridgehead atoms. The average Bonchev–Trinajstić information content (AvgIpc) is 3.21. The molecule has 0 aromatic heterocycles. The Hall–Kier alpha value is -0.980. The van der Waals surface area contributed by atoms with Gasteiger partial charge in [0.05, 0.1) is 9.88 Å². The van der Waals surface area contributed by atoms with Crippen LogP contribution in [0.15, 0.2) is 29.2 Å². The monoisotopic (exact) mass is 312 g/mol. The SMILES string of the molecule is CC(C1CC1)N(C)S(=O)(=O)c1ccc(CC(N)=S)cc1. The minimum Gasteiger partial charge on any atom is -0.393 e. The number of hydrogen-bond donors (Lipinski definition) is 1. The van der Waals surface area contributed by atoms with E-state index in [4.69, 9.17) is 18.0 Å². The van der Waals surface area contributed by atoms with E-state index in [-0.39, 0.29) is 6.04 Å². The summed E-state index contributed by atoms with van der Waals surface area (Å²) in [6.45, 7) is 1.97. The Kier molecular flexibility index (Phi) is 4.46. The van der Waals surface area contributed by atoms with Gasteiger partial charge in [0, 0.05) is 19.5 Å². The van der Waals surface area contributed by atoms with Crippen molar-refractivity contribution < 1.29 is 8.42 Å². The molecule has 2 N–H and O–H groups in total. The average molecular weight is 312 g/mol. The topological polar surface area (TPSA) is 63.4 Å². The fraction of sp³-hybridized carbons (Fsp3) is 0.500. The Labute approximate surface area is 126 Å². The van der Waals surface area contributed by atoms with Crippen LogP contribution in [-0.2, 0) is 16.4 Å². The van der Waals surface area contributed by atoms with E-state index in [0.717, 1.165) is 18.4 Å². The first-order valence-corrected chi connectivity index (χ1v) is 8.52. The minimum atomic E-state index is -3.42. The molecule has 0 heterocycles. The molecule has 1 fully saturated rings. The lowest BCUT2D eigenvalue weighted by atomic mass is 10.1. The third-order valence-electron chi connectivity index (χ3n) is 3.86. The molecular formula is C14H20N2O2S2. The number of thiocarbonyl (C=S) groups is 1. The van der Waals surface area contributed by atoms with Crippen LogP contribution in [0.1, 0.15) is 25.3 Å². The molecule has 1 aromatic rings. The lowest BCUT2D eigenvalue weighted by Crippen LogP contribution is -2.36. The van der Waals surface area contributed by atoms with Gasteiger partial charge in [-0.3, -0.25) is 0 Å². The zero-order valence-corrected chi connectivity index (χ0v) is 13.4. The number of hydrogen-bond acceptors (Lipinski definition) is 3. The van der Waals surface area contributed by atoms with Crippen LogP contribution in [0, 0.1) is 5.92 Å². The van der Waals surface area contributed by atoms with Crippen molar-refractivity contribution in [1.29, 1.82) is 0 Å². The maximum absolute atomic E-state index is 12.5. The second kappa shape index (κ2) is 5.79. The third kappa shape index (κ3) is 3.37.